The van der Waals surface area contributed by atoms with E-state index in [-0.39, 0.29) is 10.7 Å². The molecule has 0 radical (unpaired) electrons. The molecule has 148 valence electrons. The van der Waals surface area contributed by atoms with Gasteiger partial charge < -0.3 is 4.52 Å². The van der Waals surface area contributed by atoms with Gasteiger partial charge in [-0.3, -0.25) is 4.57 Å². The molecule has 4 aromatic rings. The zero-order valence-electron chi connectivity index (χ0n) is 16.9. The molecule has 0 spiro atoms. The second kappa shape index (κ2) is 7.83. The number of aromatic nitrogens is 5. The molecule has 0 aliphatic carbocycles. The minimum atomic E-state index is -0.156. The van der Waals surface area contributed by atoms with E-state index in [1.165, 1.54) is 0 Å². The number of thioether (sulfide) groups is 1. The number of hydrogen-bond acceptors (Lipinski definition) is 6. The van der Waals surface area contributed by atoms with Crippen LogP contribution in [0.25, 0.3) is 17.1 Å². The summed E-state index contributed by atoms with van der Waals surface area (Å²) in [7, 11) is 0. The Bertz CT molecular complexity index is 1080. The average molecular weight is 406 g/mol. The molecule has 0 fully saturated rings. The Kier molecular flexibility index (Phi) is 5.24. The van der Waals surface area contributed by atoms with Crippen molar-refractivity contribution in [3.8, 4) is 17.1 Å². The molecule has 2 aromatic heterocycles. The lowest BCUT2D eigenvalue weighted by atomic mass is 9.96. The molecule has 7 heteroatoms. The van der Waals surface area contributed by atoms with Crippen LogP contribution < -0.4 is 0 Å². The molecule has 2 aromatic carbocycles. The molecular formula is C22H23N5OS. The number of para-hydroxylation sites is 1. The van der Waals surface area contributed by atoms with Crippen molar-refractivity contribution in [1.29, 1.82) is 0 Å². The first-order chi connectivity index (χ1) is 13.9. The van der Waals surface area contributed by atoms with E-state index in [0.717, 1.165) is 22.2 Å². The Hall–Kier alpha value is -2.93. The summed E-state index contributed by atoms with van der Waals surface area (Å²) in [5.74, 6) is 2.09. The van der Waals surface area contributed by atoms with Gasteiger partial charge in [0.1, 0.15) is 0 Å². The fourth-order valence-corrected chi connectivity index (χ4v) is 3.74. The maximum atomic E-state index is 5.52. The van der Waals surface area contributed by atoms with E-state index >= 15 is 0 Å². The van der Waals surface area contributed by atoms with Gasteiger partial charge in [0.25, 0.3) is 0 Å². The minimum absolute atomic E-state index is 0.0612. The second-order valence-corrected chi connectivity index (χ2v) is 9.12. The first-order valence-electron chi connectivity index (χ1n) is 9.50. The van der Waals surface area contributed by atoms with Crippen LogP contribution in [0, 0.1) is 0 Å². The predicted molar refractivity (Wildman–Crippen MR) is 114 cm³/mol. The highest BCUT2D eigenvalue weighted by Crippen LogP contribution is 2.36. The summed E-state index contributed by atoms with van der Waals surface area (Å²) in [6.07, 6.45) is 0. The monoisotopic (exact) mass is 405 g/mol. The number of hydrogen-bond donors (Lipinski definition) is 0. The van der Waals surface area contributed by atoms with E-state index in [4.69, 9.17) is 4.52 Å². The predicted octanol–water partition coefficient (Wildman–Crippen LogP) is 5.47. The van der Waals surface area contributed by atoms with Crippen LogP contribution in [-0.2, 0) is 5.41 Å². The maximum Gasteiger partial charge on any atom is 0.239 e. The summed E-state index contributed by atoms with van der Waals surface area (Å²) >= 11 is 1.55. The van der Waals surface area contributed by atoms with Gasteiger partial charge in [-0.05, 0) is 19.1 Å². The standard InChI is InChI=1S/C22H23N5OS/c1-15(19-23-20(26-28-19)22(2,3)4)29-21-25-24-18(16-11-7-5-8-12-16)27(21)17-13-9-6-10-14-17/h5-15H,1-4H3. The Morgan fingerprint density at radius 1 is 0.931 bits per heavy atom. The first kappa shape index (κ1) is 19.4. The summed E-state index contributed by atoms with van der Waals surface area (Å²) < 4.78 is 7.59. The van der Waals surface area contributed by atoms with Crippen LogP contribution in [0.5, 0.6) is 0 Å². The van der Waals surface area contributed by atoms with Crippen molar-refractivity contribution in [2.24, 2.45) is 0 Å². The maximum absolute atomic E-state index is 5.52. The third-order valence-electron chi connectivity index (χ3n) is 4.42. The van der Waals surface area contributed by atoms with Gasteiger partial charge in [-0.15, -0.1) is 10.2 Å². The van der Waals surface area contributed by atoms with Crippen LogP contribution in [0.15, 0.2) is 70.3 Å². The van der Waals surface area contributed by atoms with Crippen LogP contribution in [0.4, 0.5) is 0 Å². The van der Waals surface area contributed by atoms with Gasteiger partial charge in [0, 0.05) is 16.7 Å². The summed E-state index contributed by atoms with van der Waals surface area (Å²) in [6.45, 7) is 8.24. The molecular weight excluding hydrogens is 382 g/mol. The van der Waals surface area contributed by atoms with Crippen molar-refractivity contribution < 1.29 is 4.52 Å². The van der Waals surface area contributed by atoms with Gasteiger partial charge in [-0.1, -0.05) is 86.2 Å². The Morgan fingerprint density at radius 2 is 1.59 bits per heavy atom. The lowest BCUT2D eigenvalue weighted by Crippen LogP contribution is -2.13. The smallest absolute Gasteiger partial charge is 0.239 e. The molecule has 29 heavy (non-hydrogen) atoms. The average Bonchev–Trinajstić information content (AvgIpc) is 3.37. The molecule has 1 unspecified atom stereocenters. The van der Waals surface area contributed by atoms with Crippen LogP contribution >= 0.6 is 11.8 Å². The van der Waals surface area contributed by atoms with Gasteiger partial charge in [0.2, 0.25) is 5.89 Å². The third-order valence-corrected chi connectivity index (χ3v) is 5.45. The lowest BCUT2D eigenvalue weighted by Gasteiger charge is -2.12. The highest BCUT2D eigenvalue weighted by molar-refractivity contribution is 7.99. The topological polar surface area (TPSA) is 69.6 Å². The fraction of sp³-hybridized carbons (Fsp3) is 0.273. The van der Waals surface area contributed by atoms with Gasteiger partial charge >= 0.3 is 0 Å². The Balaban J connectivity index is 1.71. The summed E-state index contributed by atoms with van der Waals surface area (Å²) in [5, 5.41) is 13.8. The van der Waals surface area contributed by atoms with Gasteiger partial charge in [0.15, 0.2) is 16.8 Å². The molecule has 0 amide bonds. The molecule has 0 aliphatic rings. The van der Waals surface area contributed by atoms with Crippen molar-refractivity contribution in [3.63, 3.8) is 0 Å². The highest BCUT2D eigenvalue weighted by Gasteiger charge is 2.25. The molecule has 0 N–H and O–H groups in total. The molecule has 6 nitrogen and oxygen atoms in total. The van der Waals surface area contributed by atoms with Crippen LogP contribution in [0.1, 0.15) is 44.7 Å². The summed E-state index contributed by atoms with van der Waals surface area (Å²) in [6, 6.07) is 20.2. The van der Waals surface area contributed by atoms with Crippen molar-refractivity contribution in [2.45, 2.75) is 43.5 Å². The van der Waals surface area contributed by atoms with Gasteiger partial charge in [-0.2, -0.15) is 4.98 Å². The number of rotatable bonds is 5. The van der Waals surface area contributed by atoms with E-state index in [2.05, 4.69) is 57.8 Å². The lowest BCUT2D eigenvalue weighted by molar-refractivity contribution is 0.364. The number of nitrogens with zero attached hydrogens (tertiary/aromatic N) is 5. The van der Waals surface area contributed by atoms with E-state index < -0.39 is 0 Å². The second-order valence-electron chi connectivity index (χ2n) is 7.81. The molecule has 2 heterocycles. The van der Waals surface area contributed by atoms with Crippen molar-refractivity contribution in [1.82, 2.24) is 24.9 Å². The largest absolute Gasteiger partial charge is 0.338 e. The van der Waals surface area contributed by atoms with Gasteiger partial charge in [0.05, 0.1) is 5.25 Å². The quantitative estimate of drug-likeness (QED) is 0.410. The Labute approximate surface area is 174 Å². The van der Waals surface area contributed by atoms with Crippen LogP contribution in [0.3, 0.4) is 0 Å². The van der Waals surface area contributed by atoms with Gasteiger partial charge in [-0.25, -0.2) is 0 Å². The Morgan fingerprint density at radius 3 is 2.21 bits per heavy atom. The summed E-state index contributed by atoms with van der Waals surface area (Å²) in [4.78, 5) is 4.59. The highest BCUT2D eigenvalue weighted by atomic mass is 32.2. The number of benzene rings is 2. The van der Waals surface area contributed by atoms with E-state index in [1.54, 1.807) is 11.8 Å². The zero-order valence-corrected chi connectivity index (χ0v) is 17.7. The molecule has 0 saturated heterocycles. The SMILES string of the molecule is CC(Sc1nnc(-c2ccccc2)n1-c1ccccc1)c1nc(C(C)(C)C)no1. The minimum Gasteiger partial charge on any atom is -0.338 e. The molecule has 0 aliphatic heterocycles. The molecule has 0 bridgehead atoms. The van der Waals surface area contributed by atoms with E-state index in [0.29, 0.717) is 11.7 Å². The van der Waals surface area contributed by atoms with Crippen molar-refractivity contribution in [3.05, 3.63) is 72.4 Å². The van der Waals surface area contributed by atoms with Crippen LogP contribution in [0.2, 0.25) is 0 Å². The van der Waals surface area contributed by atoms with E-state index in [9.17, 15) is 0 Å². The van der Waals surface area contributed by atoms with E-state index in [1.807, 2.05) is 55.5 Å². The molecule has 1 atom stereocenters. The first-order valence-corrected chi connectivity index (χ1v) is 10.4. The molecule has 0 saturated carbocycles. The third kappa shape index (κ3) is 4.10. The summed E-state index contributed by atoms with van der Waals surface area (Å²) in [5.41, 5.74) is 1.86. The van der Waals surface area contributed by atoms with Crippen LogP contribution in [-0.4, -0.2) is 24.9 Å². The fourth-order valence-electron chi connectivity index (χ4n) is 2.84. The van der Waals surface area contributed by atoms with Crippen molar-refractivity contribution >= 4 is 11.8 Å². The zero-order chi connectivity index (χ0) is 20.4. The van der Waals surface area contributed by atoms with Crippen molar-refractivity contribution in [2.75, 3.05) is 0 Å². The molecule has 4 rings (SSSR count). The normalized spacial score (nSPS) is 12.8.